The Bertz CT molecular complexity index is 607. The van der Waals surface area contributed by atoms with Crippen LogP contribution in [0.2, 0.25) is 11.3 Å². The third kappa shape index (κ3) is 5.00. The number of halogens is 1. The minimum Gasteiger partial charge on any atom is -0.427 e. The van der Waals surface area contributed by atoms with Gasteiger partial charge in [-0.2, -0.15) is 0 Å². The first kappa shape index (κ1) is 17.9. The van der Waals surface area contributed by atoms with Gasteiger partial charge in [0.2, 0.25) is 0 Å². The maximum atomic E-state index is 8.84. The number of rotatable bonds is 8. The van der Waals surface area contributed by atoms with E-state index in [4.69, 9.17) is 27.4 Å². The van der Waals surface area contributed by atoms with E-state index >= 15 is 0 Å². The largest absolute Gasteiger partial charge is 0.451 e. The minimum atomic E-state index is -1.26. The van der Waals surface area contributed by atoms with Gasteiger partial charge in [0, 0.05) is 5.02 Å². The molecule has 4 N–H and O–H groups in total. The minimum absolute atomic E-state index is 0.0532. The molecular formula is C14H21BClN5O2. The average Bonchev–Trinajstić information content (AvgIpc) is 3.01. The summed E-state index contributed by atoms with van der Waals surface area (Å²) in [5, 5.41) is 30.2. The molecule has 1 aromatic heterocycles. The molecule has 23 heavy (non-hydrogen) atoms. The molecule has 2 atom stereocenters. The lowest BCUT2D eigenvalue weighted by atomic mass is 9.83. The molecule has 0 aliphatic carbocycles. The highest BCUT2D eigenvalue weighted by Gasteiger charge is 2.20. The monoisotopic (exact) mass is 337 g/mol. The third-order valence-corrected chi connectivity index (χ3v) is 4.05. The highest BCUT2D eigenvalue weighted by atomic mass is 35.5. The van der Waals surface area contributed by atoms with Crippen LogP contribution in [0.5, 0.6) is 0 Å². The van der Waals surface area contributed by atoms with E-state index in [9.17, 15) is 0 Å². The Balaban J connectivity index is 2.02. The van der Waals surface area contributed by atoms with Crippen molar-refractivity contribution in [2.45, 2.75) is 44.6 Å². The van der Waals surface area contributed by atoms with E-state index in [1.807, 2.05) is 31.2 Å². The molecule has 1 heterocycles. The molecule has 0 fully saturated rings. The van der Waals surface area contributed by atoms with Crippen LogP contribution in [0.3, 0.4) is 0 Å². The van der Waals surface area contributed by atoms with E-state index in [0.29, 0.717) is 30.0 Å². The second-order valence-corrected chi connectivity index (χ2v) is 6.02. The van der Waals surface area contributed by atoms with Gasteiger partial charge in [-0.3, -0.25) is 0 Å². The van der Waals surface area contributed by atoms with E-state index in [1.165, 1.54) is 0 Å². The second-order valence-electron chi connectivity index (χ2n) is 5.58. The molecule has 0 saturated carbocycles. The van der Waals surface area contributed by atoms with Gasteiger partial charge in [0.1, 0.15) is 0 Å². The lowest BCUT2D eigenvalue weighted by Gasteiger charge is -2.17. The molecule has 0 bridgehead atoms. The molecular weight excluding hydrogens is 316 g/mol. The van der Waals surface area contributed by atoms with Gasteiger partial charge >= 0.3 is 7.12 Å². The zero-order valence-electron chi connectivity index (χ0n) is 13.0. The van der Waals surface area contributed by atoms with Crippen LogP contribution < -0.4 is 5.73 Å². The van der Waals surface area contributed by atoms with Crippen LogP contribution in [0.4, 0.5) is 0 Å². The Morgan fingerprint density at radius 1 is 1.26 bits per heavy atom. The van der Waals surface area contributed by atoms with Crippen LogP contribution in [0.25, 0.3) is 0 Å². The smallest absolute Gasteiger partial charge is 0.427 e. The van der Waals surface area contributed by atoms with Crippen molar-refractivity contribution in [1.82, 2.24) is 20.2 Å². The summed E-state index contributed by atoms with van der Waals surface area (Å²) in [7, 11) is -1.26. The van der Waals surface area contributed by atoms with Crippen LogP contribution in [0.1, 0.15) is 49.7 Å². The summed E-state index contributed by atoms with van der Waals surface area (Å²) in [6.45, 7) is 2.00. The summed E-state index contributed by atoms with van der Waals surface area (Å²) in [5.74, 6) is 0.622. The quantitative estimate of drug-likeness (QED) is 0.498. The van der Waals surface area contributed by atoms with E-state index in [0.717, 1.165) is 12.0 Å². The van der Waals surface area contributed by atoms with Gasteiger partial charge in [-0.15, -0.1) is 5.10 Å². The zero-order valence-corrected chi connectivity index (χ0v) is 13.8. The van der Waals surface area contributed by atoms with Gasteiger partial charge in [-0.05, 0) is 47.8 Å². The zero-order chi connectivity index (χ0) is 16.8. The Labute approximate surface area is 140 Å². The summed E-state index contributed by atoms with van der Waals surface area (Å²) in [4.78, 5) is 0. The number of aromatic nitrogens is 4. The molecule has 0 aliphatic rings. The number of tetrazole rings is 1. The molecule has 0 aliphatic heterocycles. The van der Waals surface area contributed by atoms with Crippen LogP contribution in [-0.2, 0) is 0 Å². The predicted molar refractivity (Wildman–Crippen MR) is 88.9 cm³/mol. The Morgan fingerprint density at radius 3 is 2.61 bits per heavy atom. The van der Waals surface area contributed by atoms with Crippen molar-refractivity contribution in [3.63, 3.8) is 0 Å². The van der Waals surface area contributed by atoms with Gasteiger partial charge in [-0.1, -0.05) is 36.6 Å². The van der Waals surface area contributed by atoms with Crippen molar-refractivity contribution in [1.29, 1.82) is 0 Å². The van der Waals surface area contributed by atoms with E-state index in [-0.39, 0.29) is 12.1 Å². The summed E-state index contributed by atoms with van der Waals surface area (Å²) >= 11 is 5.91. The first-order valence-corrected chi connectivity index (χ1v) is 8.01. The molecule has 0 radical (unpaired) electrons. The number of unbranched alkanes of at least 4 members (excludes halogenated alkanes) is 1. The molecule has 1 aromatic carbocycles. The lowest BCUT2D eigenvalue weighted by Crippen LogP contribution is -2.20. The molecule has 0 saturated heterocycles. The molecule has 2 aromatic rings. The van der Waals surface area contributed by atoms with Crippen molar-refractivity contribution in [2.24, 2.45) is 5.73 Å². The fourth-order valence-electron chi connectivity index (χ4n) is 2.42. The second kappa shape index (κ2) is 8.40. The maximum absolute atomic E-state index is 8.84. The Hall–Kier alpha value is -1.48. The fourth-order valence-corrected chi connectivity index (χ4v) is 2.55. The average molecular weight is 338 g/mol. The topological polar surface area (TPSA) is 110 Å². The number of hydrogen-bond donors (Lipinski definition) is 3. The van der Waals surface area contributed by atoms with Crippen LogP contribution in [0.15, 0.2) is 24.3 Å². The molecule has 124 valence electrons. The standard InChI is InChI=1S/C14H21BClN5O2/c1-10(11-5-7-12(16)8-6-11)21-14(18-19-20-21)13(17)4-2-3-9-15(22)23/h5-8,10,13,22-23H,2-4,9,17H2,1H3/t10-,13?/m0/s1. The Kier molecular flexibility index (Phi) is 6.53. The molecule has 2 rings (SSSR count). The summed E-state index contributed by atoms with van der Waals surface area (Å²) in [5.41, 5.74) is 7.23. The first-order valence-electron chi connectivity index (χ1n) is 7.64. The van der Waals surface area contributed by atoms with Crippen molar-refractivity contribution in [2.75, 3.05) is 0 Å². The number of nitrogens with two attached hydrogens (primary N) is 1. The summed E-state index contributed by atoms with van der Waals surface area (Å²) in [6, 6.07) is 7.19. The van der Waals surface area contributed by atoms with Crippen molar-refractivity contribution in [3.8, 4) is 0 Å². The SMILES string of the molecule is C[C@@H](c1ccc(Cl)cc1)n1nnnc1C(N)CCCCB(O)O. The van der Waals surface area contributed by atoms with Gasteiger partial charge in [0.25, 0.3) is 0 Å². The molecule has 7 nitrogen and oxygen atoms in total. The third-order valence-electron chi connectivity index (χ3n) is 3.80. The Morgan fingerprint density at radius 2 is 1.96 bits per heavy atom. The summed E-state index contributed by atoms with van der Waals surface area (Å²) in [6.07, 6.45) is 2.50. The van der Waals surface area contributed by atoms with Crippen LogP contribution in [0, 0.1) is 0 Å². The fraction of sp³-hybridized carbons (Fsp3) is 0.500. The highest BCUT2D eigenvalue weighted by molar-refractivity contribution is 6.40. The van der Waals surface area contributed by atoms with E-state index < -0.39 is 7.12 Å². The molecule has 0 spiro atoms. The predicted octanol–water partition coefficient (Wildman–Crippen LogP) is 1.58. The van der Waals surface area contributed by atoms with E-state index in [1.54, 1.807) is 4.68 Å². The lowest BCUT2D eigenvalue weighted by molar-refractivity contribution is 0.400. The van der Waals surface area contributed by atoms with Crippen molar-refractivity contribution >= 4 is 18.7 Å². The van der Waals surface area contributed by atoms with Gasteiger partial charge < -0.3 is 15.8 Å². The first-order chi connectivity index (χ1) is 11.0. The van der Waals surface area contributed by atoms with Crippen LogP contribution >= 0.6 is 11.6 Å². The maximum Gasteiger partial charge on any atom is 0.451 e. The summed E-state index contributed by atoms with van der Waals surface area (Å²) < 4.78 is 1.72. The number of benzene rings is 1. The van der Waals surface area contributed by atoms with Gasteiger partial charge in [0.05, 0.1) is 12.1 Å². The van der Waals surface area contributed by atoms with Crippen molar-refractivity contribution < 1.29 is 10.0 Å². The molecule has 9 heteroatoms. The van der Waals surface area contributed by atoms with Gasteiger partial charge in [-0.25, -0.2) is 4.68 Å². The van der Waals surface area contributed by atoms with Gasteiger partial charge in [0.15, 0.2) is 5.82 Å². The molecule has 0 amide bonds. The van der Waals surface area contributed by atoms with Crippen LogP contribution in [-0.4, -0.2) is 37.4 Å². The van der Waals surface area contributed by atoms with E-state index in [2.05, 4.69) is 15.5 Å². The highest BCUT2D eigenvalue weighted by Crippen LogP contribution is 2.23. The number of nitrogens with zero attached hydrogens (tertiary/aromatic N) is 4. The normalized spacial score (nSPS) is 13.8. The van der Waals surface area contributed by atoms with Crippen molar-refractivity contribution in [3.05, 3.63) is 40.7 Å². The molecule has 1 unspecified atom stereocenters. The number of hydrogen-bond acceptors (Lipinski definition) is 6.